The molecule has 1 rings (SSSR count). The molecule has 108 valence electrons. The number of carbonyl (C=O) groups is 1. The first-order valence-electron chi connectivity index (χ1n) is 5.25. The summed E-state index contributed by atoms with van der Waals surface area (Å²) in [6, 6.07) is 4.10. The van der Waals surface area contributed by atoms with Crippen LogP contribution in [0.15, 0.2) is 17.0 Å². The molecule has 20 heavy (non-hydrogen) atoms. The summed E-state index contributed by atoms with van der Waals surface area (Å²) in [7, 11) is 1.17. The Bertz CT molecular complexity index is 555. The van der Waals surface area contributed by atoms with Crippen LogP contribution in [-0.4, -0.2) is 18.6 Å². The average Bonchev–Trinajstić information content (AvgIpc) is 2.35. The van der Waals surface area contributed by atoms with Crippen LogP contribution >= 0.6 is 23.4 Å². The van der Waals surface area contributed by atoms with Gasteiger partial charge in [-0.2, -0.15) is 18.4 Å². The summed E-state index contributed by atoms with van der Waals surface area (Å²) in [5.41, 5.74) is -3.85. The van der Waals surface area contributed by atoms with Crippen LogP contribution in [0.4, 0.5) is 13.2 Å². The quantitative estimate of drug-likeness (QED) is 0.482. The van der Waals surface area contributed by atoms with Gasteiger partial charge in [0.25, 0.3) is 0 Å². The van der Waals surface area contributed by atoms with E-state index in [1.54, 1.807) is 6.07 Å². The number of nitriles is 1. The third kappa shape index (κ3) is 4.62. The van der Waals surface area contributed by atoms with Gasteiger partial charge in [-0.25, -0.2) is 0 Å². The molecule has 0 aliphatic rings. The number of hydrogen-bond acceptors (Lipinski definition) is 4. The van der Waals surface area contributed by atoms with Gasteiger partial charge in [-0.1, -0.05) is 0 Å². The molecule has 0 amide bonds. The number of halogens is 4. The zero-order chi connectivity index (χ0) is 15.3. The van der Waals surface area contributed by atoms with E-state index in [0.29, 0.717) is 5.56 Å². The molecule has 0 unspecified atom stereocenters. The molecule has 0 N–H and O–H groups in total. The molecule has 8 heteroatoms. The highest BCUT2D eigenvalue weighted by atomic mass is 35.5. The number of carbonyl (C=O) groups excluding carboxylic acids is 1. The van der Waals surface area contributed by atoms with E-state index in [2.05, 4.69) is 4.74 Å². The van der Waals surface area contributed by atoms with E-state index in [0.717, 1.165) is 6.07 Å². The van der Waals surface area contributed by atoms with Gasteiger partial charge in [0.15, 0.2) is 0 Å². The van der Waals surface area contributed by atoms with Crippen LogP contribution in [-0.2, 0) is 21.8 Å². The molecule has 0 aliphatic carbocycles. The minimum Gasteiger partial charge on any atom is -0.469 e. The van der Waals surface area contributed by atoms with Gasteiger partial charge in [0.05, 0.1) is 25.2 Å². The molecule has 0 saturated heterocycles. The third-order valence-corrected chi connectivity index (χ3v) is 3.34. The molecule has 0 aliphatic heterocycles. The van der Waals surface area contributed by atoms with E-state index < -0.39 is 11.5 Å². The maximum absolute atomic E-state index is 12.4. The lowest BCUT2D eigenvalue weighted by Gasteiger charge is -2.12. The molecule has 0 saturated carbocycles. The van der Waals surface area contributed by atoms with Crippen molar-refractivity contribution >= 4 is 29.3 Å². The summed E-state index contributed by atoms with van der Waals surface area (Å²) in [6.45, 7) is 0. The highest BCUT2D eigenvalue weighted by Gasteiger charge is 2.30. The first-order valence-corrected chi connectivity index (χ1v) is 6.60. The van der Waals surface area contributed by atoms with Crippen molar-refractivity contribution in [3.8, 4) is 6.07 Å². The topological polar surface area (TPSA) is 50.1 Å². The Morgan fingerprint density at radius 2 is 2.15 bits per heavy atom. The Kier molecular flexibility index (Phi) is 5.72. The Labute approximate surface area is 122 Å². The van der Waals surface area contributed by atoms with Gasteiger partial charge < -0.3 is 4.74 Å². The minimum atomic E-state index is -4.47. The fraction of sp³-hybridized carbons (Fsp3) is 0.333. The first kappa shape index (κ1) is 16.7. The lowest BCUT2D eigenvalue weighted by Crippen LogP contribution is -2.08. The van der Waals surface area contributed by atoms with E-state index in [9.17, 15) is 18.0 Å². The predicted octanol–water partition coefficient (Wildman–Crippen LogP) is 3.62. The Morgan fingerprint density at radius 3 is 2.60 bits per heavy atom. The molecule has 0 spiro atoms. The molecular formula is C12H9ClF3NO2S. The molecule has 0 atom stereocenters. The van der Waals surface area contributed by atoms with Crippen LogP contribution in [0.3, 0.4) is 0 Å². The third-order valence-electron chi connectivity index (χ3n) is 2.37. The van der Waals surface area contributed by atoms with E-state index in [1.807, 2.05) is 0 Å². The SMILES string of the molecule is COC(=O)Cc1cc(SC(F)(F)F)cc(C#N)c1CCl. The maximum Gasteiger partial charge on any atom is 0.446 e. The number of methoxy groups -OCH3 is 1. The number of alkyl halides is 4. The van der Waals surface area contributed by atoms with Crippen molar-refractivity contribution in [2.45, 2.75) is 22.7 Å². The fourth-order valence-corrected chi connectivity index (χ4v) is 2.50. The van der Waals surface area contributed by atoms with Gasteiger partial charge in [0.1, 0.15) is 0 Å². The first-order chi connectivity index (χ1) is 9.30. The van der Waals surface area contributed by atoms with Crippen LogP contribution in [0.1, 0.15) is 16.7 Å². The Hall–Kier alpha value is -1.39. The molecule has 0 aromatic heterocycles. The van der Waals surface area contributed by atoms with E-state index in [1.165, 1.54) is 13.2 Å². The predicted molar refractivity (Wildman–Crippen MR) is 68.3 cm³/mol. The average molecular weight is 324 g/mol. The van der Waals surface area contributed by atoms with Crippen LogP contribution in [0.25, 0.3) is 0 Å². The van der Waals surface area contributed by atoms with Crippen LogP contribution < -0.4 is 0 Å². The van der Waals surface area contributed by atoms with Crippen molar-refractivity contribution in [3.63, 3.8) is 0 Å². The summed E-state index contributed by atoms with van der Waals surface area (Å²) >= 11 is 5.35. The van der Waals surface area contributed by atoms with Gasteiger partial charge >= 0.3 is 11.5 Å². The molecule has 3 nitrogen and oxygen atoms in total. The van der Waals surface area contributed by atoms with Gasteiger partial charge in [0, 0.05) is 10.8 Å². The van der Waals surface area contributed by atoms with Crippen molar-refractivity contribution in [2.75, 3.05) is 7.11 Å². The molecule has 0 bridgehead atoms. The second-order valence-electron chi connectivity index (χ2n) is 3.65. The largest absolute Gasteiger partial charge is 0.469 e. The maximum atomic E-state index is 12.4. The minimum absolute atomic E-state index is 0.0214. The number of benzene rings is 1. The highest BCUT2D eigenvalue weighted by molar-refractivity contribution is 8.00. The van der Waals surface area contributed by atoms with Gasteiger partial charge in [-0.05, 0) is 35.0 Å². The summed E-state index contributed by atoms with van der Waals surface area (Å²) in [5, 5.41) is 8.97. The van der Waals surface area contributed by atoms with Crippen molar-refractivity contribution in [1.82, 2.24) is 0 Å². The van der Waals surface area contributed by atoms with Gasteiger partial charge in [-0.15, -0.1) is 11.6 Å². The number of hydrogen-bond donors (Lipinski definition) is 0. The number of thioether (sulfide) groups is 1. The standard InChI is InChI=1S/C12H9ClF3NO2S/c1-19-11(18)4-7-2-9(20-12(14,15)16)3-8(6-17)10(7)5-13/h2-3H,4-5H2,1H3. The van der Waals surface area contributed by atoms with Crippen LogP contribution in [0.2, 0.25) is 0 Å². The van der Waals surface area contributed by atoms with Crippen LogP contribution in [0, 0.1) is 11.3 Å². The Morgan fingerprint density at radius 1 is 1.50 bits per heavy atom. The molecule has 0 radical (unpaired) electrons. The Balaban J connectivity index is 3.28. The molecule has 0 heterocycles. The zero-order valence-electron chi connectivity index (χ0n) is 10.3. The van der Waals surface area contributed by atoms with E-state index in [4.69, 9.17) is 16.9 Å². The lowest BCUT2D eigenvalue weighted by atomic mass is 10.0. The molecule has 0 fully saturated rings. The zero-order valence-corrected chi connectivity index (χ0v) is 11.8. The monoisotopic (exact) mass is 323 g/mol. The lowest BCUT2D eigenvalue weighted by molar-refractivity contribution is -0.139. The summed E-state index contributed by atoms with van der Waals surface area (Å²) in [4.78, 5) is 11.1. The van der Waals surface area contributed by atoms with Crippen molar-refractivity contribution in [3.05, 3.63) is 28.8 Å². The van der Waals surface area contributed by atoms with Gasteiger partial charge in [0.2, 0.25) is 0 Å². The number of rotatable bonds is 4. The molecular weight excluding hydrogens is 315 g/mol. The summed E-state index contributed by atoms with van der Waals surface area (Å²) < 4.78 is 41.6. The summed E-state index contributed by atoms with van der Waals surface area (Å²) in [6.07, 6.45) is -0.237. The summed E-state index contributed by atoms with van der Waals surface area (Å²) in [5.74, 6) is -0.693. The second kappa shape index (κ2) is 6.86. The second-order valence-corrected chi connectivity index (χ2v) is 5.06. The number of ether oxygens (including phenoxy) is 1. The van der Waals surface area contributed by atoms with E-state index >= 15 is 0 Å². The highest BCUT2D eigenvalue weighted by Crippen LogP contribution is 2.38. The number of nitrogens with zero attached hydrogens (tertiary/aromatic N) is 1. The van der Waals surface area contributed by atoms with Crippen molar-refractivity contribution in [1.29, 1.82) is 5.26 Å². The van der Waals surface area contributed by atoms with Crippen molar-refractivity contribution in [2.24, 2.45) is 0 Å². The van der Waals surface area contributed by atoms with Crippen molar-refractivity contribution < 1.29 is 22.7 Å². The van der Waals surface area contributed by atoms with Gasteiger partial charge in [-0.3, -0.25) is 4.79 Å². The normalized spacial score (nSPS) is 11.0. The fourth-order valence-electron chi connectivity index (χ4n) is 1.54. The van der Waals surface area contributed by atoms with E-state index in [-0.39, 0.29) is 40.1 Å². The number of esters is 1. The van der Waals surface area contributed by atoms with Crippen LogP contribution in [0.5, 0.6) is 0 Å². The molecule has 1 aromatic carbocycles. The molecule has 1 aromatic rings. The smallest absolute Gasteiger partial charge is 0.446 e.